The highest BCUT2D eigenvalue weighted by Crippen LogP contribution is 2.65. The molecule has 3 N–H and O–H groups in total. The van der Waals surface area contributed by atoms with Gasteiger partial charge in [-0.25, -0.2) is 4.98 Å². The summed E-state index contributed by atoms with van der Waals surface area (Å²) >= 11 is 0. The number of nitrogens with one attached hydrogen (secondary N) is 1. The van der Waals surface area contributed by atoms with Gasteiger partial charge in [0.25, 0.3) is 5.56 Å². The highest BCUT2D eigenvalue weighted by Gasteiger charge is 2.58. The lowest BCUT2D eigenvalue weighted by atomic mass is 9.43. The summed E-state index contributed by atoms with van der Waals surface area (Å²) in [6.07, 6.45) is 12.6. The van der Waals surface area contributed by atoms with Gasteiger partial charge in [0.15, 0.2) is 0 Å². The smallest absolute Gasteiger partial charge is 0.259 e. The number of pyridine rings is 2. The number of aromatic amines is 1. The van der Waals surface area contributed by atoms with Gasteiger partial charge < -0.3 is 20.2 Å². The van der Waals surface area contributed by atoms with E-state index in [-0.39, 0.29) is 17.1 Å². The number of H-pyrrole nitrogens is 1. The Kier molecular flexibility index (Phi) is 6.34. The Morgan fingerprint density at radius 3 is 2.48 bits per heavy atom. The second-order valence-corrected chi connectivity index (χ2v) is 14.5. The number of fused-ring (bicyclic) bond motifs is 3. The van der Waals surface area contributed by atoms with Crippen molar-refractivity contribution < 1.29 is 9.47 Å². The number of aromatic nitrogens is 4. The Morgan fingerprint density at radius 2 is 1.83 bits per heavy atom. The molecule has 42 heavy (non-hydrogen) atoms. The van der Waals surface area contributed by atoms with Crippen molar-refractivity contribution in [2.75, 3.05) is 20.3 Å². The fourth-order valence-electron chi connectivity index (χ4n) is 9.89. The van der Waals surface area contributed by atoms with Crippen molar-refractivity contribution >= 4 is 21.8 Å². The third-order valence-corrected chi connectivity index (χ3v) is 10.4. The molecule has 8 nitrogen and oxygen atoms in total. The van der Waals surface area contributed by atoms with Crippen LogP contribution in [0.2, 0.25) is 0 Å². The van der Waals surface area contributed by atoms with Crippen molar-refractivity contribution in [3.63, 3.8) is 0 Å². The van der Waals surface area contributed by atoms with Crippen LogP contribution in [-0.2, 0) is 4.74 Å². The van der Waals surface area contributed by atoms with Crippen LogP contribution in [0.3, 0.4) is 0 Å². The molecule has 1 saturated heterocycles. The number of nitrogens with two attached hydrogens (primary N) is 1. The van der Waals surface area contributed by atoms with Crippen LogP contribution in [0.5, 0.6) is 5.88 Å². The van der Waals surface area contributed by atoms with E-state index in [0.29, 0.717) is 28.7 Å². The summed E-state index contributed by atoms with van der Waals surface area (Å²) in [6, 6.07) is 6.32. The minimum absolute atomic E-state index is 0.129. The average Bonchev–Trinajstić information content (AvgIpc) is 3.57. The van der Waals surface area contributed by atoms with Gasteiger partial charge in [0.05, 0.1) is 42.4 Å². The van der Waals surface area contributed by atoms with E-state index in [1.807, 2.05) is 30.8 Å². The van der Waals surface area contributed by atoms with Crippen LogP contribution in [0.15, 0.2) is 35.4 Å². The highest BCUT2D eigenvalue weighted by molar-refractivity contribution is 6.04. The minimum atomic E-state index is -0.129. The van der Waals surface area contributed by atoms with Crippen LogP contribution >= 0.6 is 0 Å². The van der Waals surface area contributed by atoms with E-state index < -0.39 is 0 Å². The molecule has 4 bridgehead atoms. The summed E-state index contributed by atoms with van der Waals surface area (Å²) in [6.45, 7) is 10.3. The third kappa shape index (κ3) is 4.54. The zero-order valence-corrected chi connectivity index (χ0v) is 25.5. The molecular formula is C34H43N5O3. The van der Waals surface area contributed by atoms with Crippen molar-refractivity contribution in [3.8, 4) is 17.0 Å². The monoisotopic (exact) mass is 569 g/mol. The number of hydrogen-bond acceptors (Lipinski definition) is 6. The summed E-state index contributed by atoms with van der Waals surface area (Å²) in [5.74, 6) is 1.56. The number of benzene rings is 1. The number of ether oxygens (including phenoxy) is 2. The van der Waals surface area contributed by atoms with Gasteiger partial charge in [-0.1, -0.05) is 26.0 Å². The van der Waals surface area contributed by atoms with Crippen LogP contribution in [0.1, 0.15) is 76.0 Å². The molecule has 4 aliphatic carbocycles. The molecule has 0 amide bonds. The molecule has 222 valence electrons. The average molecular weight is 570 g/mol. The van der Waals surface area contributed by atoms with Crippen LogP contribution in [0.25, 0.3) is 32.9 Å². The molecular weight excluding hydrogens is 526 g/mol. The molecule has 4 heterocycles. The molecule has 9 rings (SSSR count). The van der Waals surface area contributed by atoms with Gasteiger partial charge in [-0.15, -0.1) is 0 Å². The Morgan fingerprint density at radius 1 is 1.07 bits per heavy atom. The van der Waals surface area contributed by atoms with Crippen LogP contribution < -0.4 is 16.0 Å². The van der Waals surface area contributed by atoms with Crippen LogP contribution in [0, 0.1) is 30.6 Å². The fourth-order valence-corrected chi connectivity index (χ4v) is 9.89. The van der Waals surface area contributed by atoms with Crippen molar-refractivity contribution in [3.05, 3.63) is 52.1 Å². The summed E-state index contributed by atoms with van der Waals surface area (Å²) in [5.41, 5.74) is 13.6. The second-order valence-electron chi connectivity index (χ2n) is 14.5. The standard InChI is InChI=1S/C22H22N4O3.C12H21N/c1-12-9-23-22(28-3)13(2)19(12)14-4-5-16-18(8-14)25-21(27)17-10-24-26(20(16)17)15-6-7-29-11-15;1-10-3-9-4-11(2,6-10)8-12(13,5-9)7-10/h4-5,8-10,15H,6-7,11H2,1-3H3,(H,25,27);9H,3-8,13H2,1-2H3/t15-;/m0./s1. The maximum Gasteiger partial charge on any atom is 0.259 e. The molecule has 0 spiro atoms. The number of hydrogen-bond donors (Lipinski definition) is 2. The van der Waals surface area contributed by atoms with E-state index in [9.17, 15) is 4.79 Å². The Bertz CT molecular complexity index is 1700. The minimum Gasteiger partial charge on any atom is -0.481 e. The summed E-state index contributed by atoms with van der Waals surface area (Å²) in [7, 11) is 1.62. The van der Waals surface area contributed by atoms with Crippen molar-refractivity contribution in [1.29, 1.82) is 0 Å². The molecule has 8 heteroatoms. The lowest BCUT2D eigenvalue weighted by Crippen LogP contribution is -2.62. The van der Waals surface area contributed by atoms with Gasteiger partial charge in [0.2, 0.25) is 5.88 Å². The third-order valence-electron chi connectivity index (χ3n) is 10.4. The predicted molar refractivity (Wildman–Crippen MR) is 166 cm³/mol. The van der Waals surface area contributed by atoms with Crippen molar-refractivity contribution in [2.24, 2.45) is 22.5 Å². The molecule has 3 aromatic heterocycles. The van der Waals surface area contributed by atoms with E-state index in [2.05, 4.69) is 41.0 Å². The van der Waals surface area contributed by atoms with E-state index in [0.717, 1.165) is 57.6 Å². The molecule has 5 fully saturated rings. The maximum absolute atomic E-state index is 12.7. The Balaban J connectivity index is 0.000000183. The van der Waals surface area contributed by atoms with Gasteiger partial charge in [-0.05, 0) is 98.3 Å². The van der Waals surface area contributed by atoms with Gasteiger partial charge in [0, 0.05) is 29.3 Å². The van der Waals surface area contributed by atoms with E-state index in [1.165, 1.54) is 38.5 Å². The second kappa shape index (κ2) is 9.64. The molecule has 3 atom stereocenters. The first-order valence-electron chi connectivity index (χ1n) is 15.4. The molecule has 5 aliphatic rings. The summed E-state index contributed by atoms with van der Waals surface area (Å²) in [4.78, 5) is 20.1. The zero-order chi connectivity index (χ0) is 29.4. The van der Waals surface area contributed by atoms with Gasteiger partial charge in [-0.2, -0.15) is 5.10 Å². The van der Waals surface area contributed by atoms with E-state index >= 15 is 0 Å². The Labute approximate surface area is 247 Å². The molecule has 4 aromatic rings. The lowest BCUT2D eigenvalue weighted by Gasteiger charge is -2.64. The van der Waals surface area contributed by atoms with Gasteiger partial charge in [0.1, 0.15) is 0 Å². The van der Waals surface area contributed by atoms with Crippen molar-refractivity contribution in [2.45, 2.75) is 84.2 Å². The van der Waals surface area contributed by atoms with Crippen LogP contribution in [-0.4, -0.2) is 45.6 Å². The maximum atomic E-state index is 12.7. The normalized spacial score (nSPS) is 31.5. The summed E-state index contributed by atoms with van der Waals surface area (Å²) in [5, 5.41) is 6.09. The predicted octanol–water partition coefficient (Wildman–Crippen LogP) is 6.22. The fraction of sp³-hybridized carbons (Fsp3) is 0.559. The number of nitrogens with zero attached hydrogens (tertiary/aromatic N) is 3. The first kappa shape index (κ1) is 27.6. The first-order valence-corrected chi connectivity index (χ1v) is 15.4. The van der Waals surface area contributed by atoms with Crippen LogP contribution in [0.4, 0.5) is 0 Å². The Hall–Kier alpha value is -3.23. The van der Waals surface area contributed by atoms with Crippen molar-refractivity contribution in [1.82, 2.24) is 19.7 Å². The zero-order valence-electron chi connectivity index (χ0n) is 25.5. The highest BCUT2D eigenvalue weighted by atomic mass is 16.5. The lowest BCUT2D eigenvalue weighted by molar-refractivity contribution is -0.104. The molecule has 4 saturated carbocycles. The SMILES string of the molecule is CC12CC3CC(C)(C1)CC(N)(C3)C2.COc1ncc(C)c(-c2ccc3c(c2)[nH]c(=O)c2cnn([C@H]4CCOC4)c23)c1C. The molecule has 0 radical (unpaired) electrons. The quantitative estimate of drug-likeness (QED) is 0.303. The number of rotatable bonds is 3. The molecule has 1 aromatic carbocycles. The molecule has 1 aliphatic heterocycles. The largest absolute Gasteiger partial charge is 0.481 e. The van der Waals surface area contributed by atoms with E-state index in [1.54, 1.807) is 13.3 Å². The topological polar surface area (TPSA) is 108 Å². The number of aryl methyl sites for hydroxylation is 1. The molecule has 2 unspecified atom stereocenters. The van der Waals surface area contributed by atoms with E-state index in [4.69, 9.17) is 15.2 Å². The first-order chi connectivity index (χ1) is 20.0. The summed E-state index contributed by atoms with van der Waals surface area (Å²) < 4.78 is 12.9. The van der Waals surface area contributed by atoms with Gasteiger partial charge >= 0.3 is 0 Å². The van der Waals surface area contributed by atoms with Gasteiger partial charge in [-0.3, -0.25) is 9.48 Å². The number of methoxy groups -OCH3 is 1.